The number of methoxy groups -OCH3 is 1. The number of nitrogens with one attached hydrogen (secondary N) is 1. The van der Waals surface area contributed by atoms with Crippen LogP contribution in [0.3, 0.4) is 0 Å². The van der Waals surface area contributed by atoms with E-state index in [0.717, 1.165) is 23.4 Å². The van der Waals surface area contributed by atoms with Crippen LogP contribution in [0.25, 0.3) is 0 Å². The molecule has 0 spiro atoms. The van der Waals surface area contributed by atoms with Crippen molar-refractivity contribution in [3.05, 3.63) is 64.7 Å². The number of aromatic nitrogens is 3. The first-order chi connectivity index (χ1) is 13.8. The molecule has 7 nitrogen and oxygen atoms in total. The van der Waals surface area contributed by atoms with E-state index < -0.39 is 0 Å². The molecule has 3 rings (SSSR count). The van der Waals surface area contributed by atoms with E-state index in [1.165, 1.54) is 17.7 Å². The average Bonchev–Trinajstić information content (AvgIpc) is 2.63. The SMILES string of the molecule is COc1c(C)cc(CN(C)Cc2nc(N)nc(Nc3ccc(F)cc3)n2)cc1C. The monoisotopic (exact) mass is 396 g/mol. The van der Waals surface area contributed by atoms with Crippen molar-refractivity contribution < 1.29 is 9.13 Å². The van der Waals surface area contributed by atoms with Crippen LogP contribution in [-0.4, -0.2) is 34.0 Å². The van der Waals surface area contributed by atoms with Gasteiger partial charge in [-0.1, -0.05) is 12.1 Å². The lowest BCUT2D eigenvalue weighted by molar-refractivity contribution is 0.310. The van der Waals surface area contributed by atoms with E-state index in [-0.39, 0.29) is 11.8 Å². The van der Waals surface area contributed by atoms with Crippen LogP contribution >= 0.6 is 0 Å². The highest BCUT2D eigenvalue weighted by Crippen LogP contribution is 2.25. The molecule has 3 N–H and O–H groups in total. The zero-order valence-electron chi connectivity index (χ0n) is 17.0. The van der Waals surface area contributed by atoms with Crippen LogP contribution in [-0.2, 0) is 13.1 Å². The third-order valence-electron chi connectivity index (χ3n) is 4.39. The largest absolute Gasteiger partial charge is 0.496 e. The maximum atomic E-state index is 13.1. The number of ether oxygens (including phenoxy) is 1. The van der Waals surface area contributed by atoms with Crippen molar-refractivity contribution in [1.29, 1.82) is 0 Å². The van der Waals surface area contributed by atoms with Gasteiger partial charge in [0.15, 0.2) is 0 Å². The lowest BCUT2D eigenvalue weighted by Gasteiger charge is -2.18. The fourth-order valence-corrected chi connectivity index (χ4v) is 3.29. The van der Waals surface area contributed by atoms with Crippen LogP contribution in [0, 0.1) is 19.7 Å². The van der Waals surface area contributed by atoms with Crippen LogP contribution in [0.4, 0.5) is 22.0 Å². The Kier molecular flexibility index (Phi) is 6.23. The third-order valence-corrected chi connectivity index (χ3v) is 4.39. The number of aryl methyl sites for hydroxylation is 2. The first-order valence-electron chi connectivity index (χ1n) is 9.19. The summed E-state index contributed by atoms with van der Waals surface area (Å²) < 4.78 is 18.5. The van der Waals surface area contributed by atoms with Gasteiger partial charge in [0, 0.05) is 12.2 Å². The number of hydrogen-bond donors (Lipinski definition) is 2. The molecule has 2 aromatic carbocycles. The second kappa shape index (κ2) is 8.83. The normalized spacial score (nSPS) is 11.0. The van der Waals surface area contributed by atoms with E-state index >= 15 is 0 Å². The molecule has 0 saturated carbocycles. The number of nitrogens with zero attached hydrogens (tertiary/aromatic N) is 4. The van der Waals surface area contributed by atoms with Crippen molar-refractivity contribution in [2.24, 2.45) is 0 Å². The Balaban J connectivity index is 1.71. The van der Waals surface area contributed by atoms with Gasteiger partial charge in [0.1, 0.15) is 17.4 Å². The molecule has 0 bridgehead atoms. The number of benzene rings is 2. The van der Waals surface area contributed by atoms with Crippen LogP contribution in [0.2, 0.25) is 0 Å². The molecule has 0 aliphatic heterocycles. The number of hydrogen-bond acceptors (Lipinski definition) is 7. The molecule has 0 saturated heterocycles. The first-order valence-corrected chi connectivity index (χ1v) is 9.19. The molecule has 0 fully saturated rings. The van der Waals surface area contributed by atoms with Crippen LogP contribution in [0.1, 0.15) is 22.5 Å². The minimum absolute atomic E-state index is 0.129. The van der Waals surface area contributed by atoms with Crippen molar-refractivity contribution in [2.75, 3.05) is 25.2 Å². The third kappa shape index (κ3) is 5.39. The molecule has 0 radical (unpaired) electrons. The van der Waals surface area contributed by atoms with Gasteiger partial charge in [0.05, 0.1) is 13.7 Å². The predicted molar refractivity (Wildman–Crippen MR) is 112 cm³/mol. The molecule has 3 aromatic rings. The maximum Gasteiger partial charge on any atom is 0.232 e. The lowest BCUT2D eigenvalue weighted by Crippen LogP contribution is -2.20. The summed E-state index contributed by atoms with van der Waals surface area (Å²) in [5, 5.41) is 3.02. The Labute approximate surface area is 169 Å². The van der Waals surface area contributed by atoms with E-state index in [0.29, 0.717) is 24.0 Å². The Morgan fingerprint density at radius 2 is 1.69 bits per heavy atom. The minimum Gasteiger partial charge on any atom is -0.496 e. The first kappa shape index (κ1) is 20.5. The van der Waals surface area contributed by atoms with Gasteiger partial charge in [-0.2, -0.15) is 15.0 Å². The van der Waals surface area contributed by atoms with Crippen LogP contribution in [0.5, 0.6) is 5.75 Å². The van der Waals surface area contributed by atoms with Gasteiger partial charge in [-0.3, -0.25) is 4.90 Å². The van der Waals surface area contributed by atoms with Gasteiger partial charge in [0.25, 0.3) is 0 Å². The highest BCUT2D eigenvalue weighted by Gasteiger charge is 2.11. The molecule has 8 heteroatoms. The average molecular weight is 396 g/mol. The van der Waals surface area contributed by atoms with Crippen molar-refractivity contribution in [1.82, 2.24) is 19.9 Å². The van der Waals surface area contributed by atoms with E-state index in [2.05, 4.69) is 37.3 Å². The molecule has 1 heterocycles. The molecule has 0 unspecified atom stereocenters. The van der Waals surface area contributed by atoms with Gasteiger partial charge >= 0.3 is 0 Å². The van der Waals surface area contributed by atoms with Gasteiger partial charge in [-0.05, 0) is 61.9 Å². The van der Waals surface area contributed by atoms with Crippen molar-refractivity contribution in [3.63, 3.8) is 0 Å². The second-order valence-corrected chi connectivity index (χ2v) is 7.00. The highest BCUT2D eigenvalue weighted by molar-refractivity contribution is 5.53. The van der Waals surface area contributed by atoms with E-state index in [4.69, 9.17) is 10.5 Å². The number of halogens is 1. The quantitative estimate of drug-likeness (QED) is 0.631. The number of rotatable bonds is 7. The Morgan fingerprint density at radius 3 is 2.31 bits per heavy atom. The summed E-state index contributed by atoms with van der Waals surface area (Å²) in [5.41, 5.74) is 9.89. The molecular formula is C21H25FN6O. The van der Waals surface area contributed by atoms with Crippen LogP contribution in [0.15, 0.2) is 36.4 Å². The number of nitrogens with two attached hydrogens (primary N) is 1. The number of anilines is 3. The summed E-state index contributed by atoms with van der Waals surface area (Å²) in [7, 11) is 3.67. The van der Waals surface area contributed by atoms with Gasteiger partial charge < -0.3 is 15.8 Å². The Bertz CT molecular complexity index is 970. The van der Waals surface area contributed by atoms with Crippen LogP contribution < -0.4 is 15.8 Å². The smallest absolute Gasteiger partial charge is 0.232 e. The Hall–Kier alpha value is -3.26. The van der Waals surface area contributed by atoms with Gasteiger partial charge in [0.2, 0.25) is 11.9 Å². The second-order valence-electron chi connectivity index (χ2n) is 7.00. The molecule has 0 aliphatic rings. The highest BCUT2D eigenvalue weighted by atomic mass is 19.1. The zero-order chi connectivity index (χ0) is 21.0. The van der Waals surface area contributed by atoms with E-state index in [9.17, 15) is 4.39 Å². The molecule has 1 aromatic heterocycles. The standard InChI is InChI=1S/C21H25FN6O/c1-13-9-15(10-14(2)19(13)29-4)11-28(3)12-18-25-20(23)27-21(26-18)24-17-7-5-16(22)6-8-17/h5-10H,11-12H2,1-4H3,(H3,23,24,25,26,27). The summed E-state index contributed by atoms with van der Waals surface area (Å²) >= 11 is 0. The predicted octanol–water partition coefficient (Wildman–Crippen LogP) is 3.59. The summed E-state index contributed by atoms with van der Waals surface area (Å²) in [5.74, 6) is 1.61. The zero-order valence-corrected chi connectivity index (χ0v) is 17.0. The molecule has 0 atom stereocenters. The summed E-state index contributed by atoms with van der Waals surface area (Å²) in [6.45, 7) is 5.29. The topological polar surface area (TPSA) is 89.2 Å². The molecule has 152 valence electrons. The van der Waals surface area contributed by atoms with Gasteiger partial charge in [-0.15, -0.1) is 0 Å². The molecular weight excluding hydrogens is 371 g/mol. The summed E-state index contributed by atoms with van der Waals surface area (Å²) in [4.78, 5) is 14.9. The van der Waals surface area contributed by atoms with Crippen molar-refractivity contribution >= 4 is 17.6 Å². The minimum atomic E-state index is -0.308. The molecule has 0 aliphatic carbocycles. The lowest BCUT2D eigenvalue weighted by atomic mass is 10.1. The fraction of sp³-hybridized carbons (Fsp3) is 0.286. The maximum absolute atomic E-state index is 13.1. The van der Waals surface area contributed by atoms with E-state index in [1.54, 1.807) is 19.2 Å². The Morgan fingerprint density at radius 1 is 1.03 bits per heavy atom. The molecule has 29 heavy (non-hydrogen) atoms. The van der Waals surface area contributed by atoms with Gasteiger partial charge in [-0.25, -0.2) is 4.39 Å². The molecule has 0 amide bonds. The van der Waals surface area contributed by atoms with E-state index in [1.807, 2.05) is 20.9 Å². The summed E-state index contributed by atoms with van der Waals surface area (Å²) in [6.07, 6.45) is 0. The number of nitrogen functional groups attached to an aromatic ring is 1. The van der Waals surface area contributed by atoms with Crippen molar-refractivity contribution in [3.8, 4) is 5.75 Å². The fourth-order valence-electron chi connectivity index (χ4n) is 3.29. The summed E-state index contributed by atoms with van der Waals surface area (Å²) in [6, 6.07) is 10.2. The van der Waals surface area contributed by atoms with Crippen molar-refractivity contribution in [2.45, 2.75) is 26.9 Å².